The molecule has 0 fully saturated rings. The normalized spacial score (nSPS) is 10.1. The molecule has 6 heteroatoms. The molecule has 2 aromatic carbocycles. The Morgan fingerprint density at radius 1 is 0.789 bits per heavy atom. The van der Waals surface area contributed by atoms with Crippen LogP contribution in [0.4, 0.5) is 11.4 Å². The number of para-hydroxylation sites is 2. The van der Waals surface area contributed by atoms with E-state index in [4.69, 9.17) is 47.0 Å². The molecule has 0 aliphatic rings. The zero-order valence-corrected chi connectivity index (χ0v) is 12.7. The minimum atomic E-state index is 0.364. The van der Waals surface area contributed by atoms with E-state index in [9.17, 15) is 0 Å². The Morgan fingerprint density at radius 3 is 2.00 bits per heavy atom. The van der Waals surface area contributed by atoms with Crippen molar-refractivity contribution in [1.29, 1.82) is 0 Å². The van der Waals surface area contributed by atoms with E-state index in [1.807, 2.05) is 18.2 Å². The fourth-order valence-electron chi connectivity index (χ4n) is 1.45. The van der Waals surface area contributed by atoms with Gasteiger partial charge < -0.3 is 10.6 Å². The first-order chi connectivity index (χ1) is 9.08. The van der Waals surface area contributed by atoms with Gasteiger partial charge in [0, 0.05) is 0 Å². The van der Waals surface area contributed by atoms with Crippen LogP contribution in [-0.4, -0.2) is 5.11 Å². The summed E-state index contributed by atoms with van der Waals surface area (Å²) >= 11 is 23.3. The van der Waals surface area contributed by atoms with Crippen molar-refractivity contribution in [1.82, 2.24) is 0 Å². The maximum Gasteiger partial charge on any atom is 0.175 e. The fraction of sp³-hybridized carbons (Fsp3) is 0. The molecule has 0 amide bonds. The van der Waals surface area contributed by atoms with Crippen molar-refractivity contribution in [3.63, 3.8) is 0 Å². The van der Waals surface area contributed by atoms with Gasteiger partial charge in [-0.3, -0.25) is 0 Å². The van der Waals surface area contributed by atoms with Gasteiger partial charge in [-0.2, -0.15) is 0 Å². The first kappa shape index (κ1) is 14.4. The highest BCUT2D eigenvalue weighted by atomic mass is 35.5. The van der Waals surface area contributed by atoms with Crippen LogP contribution in [0.15, 0.2) is 42.5 Å². The van der Waals surface area contributed by atoms with Crippen LogP contribution >= 0.6 is 47.0 Å². The van der Waals surface area contributed by atoms with Gasteiger partial charge in [-0.25, -0.2) is 0 Å². The van der Waals surface area contributed by atoms with Crippen molar-refractivity contribution >= 4 is 63.5 Å². The van der Waals surface area contributed by atoms with E-state index in [2.05, 4.69) is 10.6 Å². The number of halogens is 3. The summed E-state index contributed by atoms with van der Waals surface area (Å²) in [5, 5.41) is 7.87. The molecule has 0 aliphatic heterocycles. The molecule has 19 heavy (non-hydrogen) atoms. The van der Waals surface area contributed by atoms with Crippen LogP contribution in [0.25, 0.3) is 0 Å². The molecule has 0 unspecified atom stereocenters. The van der Waals surface area contributed by atoms with Crippen LogP contribution in [0, 0.1) is 0 Å². The number of nitrogens with one attached hydrogen (secondary N) is 2. The van der Waals surface area contributed by atoms with Gasteiger partial charge in [0.25, 0.3) is 0 Å². The molecule has 0 atom stereocenters. The molecular formula is C13H9Cl3N2S. The number of benzene rings is 2. The van der Waals surface area contributed by atoms with E-state index in [1.54, 1.807) is 24.3 Å². The molecule has 2 N–H and O–H groups in total. The molecule has 0 heterocycles. The van der Waals surface area contributed by atoms with Gasteiger partial charge in [-0.1, -0.05) is 53.0 Å². The van der Waals surface area contributed by atoms with E-state index in [-0.39, 0.29) is 0 Å². The van der Waals surface area contributed by atoms with Crippen molar-refractivity contribution in [3.05, 3.63) is 57.5 Å². The van der Waals surface area contributed by atoms with Crippen molar-refractivity contribution in [2.75, 3.05) is 10.6 Å². The quantitative estimate of drug-likeness (QED) is 0.715. The van der Waals surface area contributed by atoms with Gasteiger partial charge in [0.15, 0.2) is 5.11 Å². The predicted octanol–water partition coefficient (Wildman–Crippen LogP) is 5.46. The summed E-state index contributed by atoms with van der Waals surface area (Å²) in [6, 6.07) is 12.5. The number of hydrogen-bond acceptors (Lipinski definition) is 1. The van der Waals surface area contributed by atoms with Crippen molar-refractivity contribution in [2.45, 2.75) is 0 Å². The maximum absolute atomic E-state index is 6.05. The van der Waals surface area contributed by atoms with Crippen LogP contribution in [0.5, 0.6) is 0 Å². The molecule has 2 rings (SSSR count). The number of anilines is 2. The zero-order chi connectivity index (χ0) is 13.8. The zero-order valence-electron chi connectivity index (χ0n) is 9.58. The van der Waals surface area contributed by atoms with E-state index < -0.39 is 0 Å². The summed E-state index contributed by atoms with van der Waals surface area (Å²) in [7, 11) is 0. The lowest BCUT2D eigenvalue weighted by Crippen LogP contribution is -2.19. The van der Waals surface area contributed by atoms with Gasteiger partial charge in [-0.15, -0.1) is 0 Å². The second kappa shape index (κ2) is 6.44. The highest BCUT2D eigenvalue weighted by Gasteiger charge is 2.08. The molecule has 2 nitrogen and oxygen atoms in total. The van der Waals surface area contributed by atoms with E-state index in [0.29, 0.717) is 31.6 Å². The summed E-state index contributed by atoms with van der Waals surface area (Å²) in [5.41, 5.74) is 1.28. The second-order valence-electron chi connectivity index (χ2n) is 3.66. The monoisotopic (exact) mass is 330 g/mol. The van der Waals surface area contributed by atoms with Crippen LogP contribution < -0.4 is 10.6 Å². The third-order valence-electron chi connectivity index (χ3n) is 2.32. The lowest BCUT2D eigenvalue weighted by Gasteiger charge is -2.13. The summed E-state index contributed by atoms with van der Waals surface area (Å²) < 4.78 is 0. The summed E-state index contributed by atoms with van der Waals surface area (Å²) in [6.45, 7) is 0. The van der Waals surface area contributed by atoms with Crippen molar-refractivity contribution in [2.24, 2.45) is 0 Å². The average molecular weight is 332 g/mol. The van der Waals surface area contributed by atoms with Crippen LogP contribution in [-0.2, 0) is 0 Å². The second-order valence-corrected chi connectivity index (χ2v) is 5.29. The van der Waals surface area contributed by atoms with Crippen LogP contribution in [0.1, 0.15) is 0 Å². The minimum absolute atomic E-state index is 0.364. The topological polar surface area (TPSA) is 24.1 Å². The van der Waals surface area contributed by atoms with Gasteiger partial charge in [-0.05, 0) is 36.5 Å². The Morgan fingerprint density at radius 2 is 1.37 bits per heavy atom. The molecule has 0 saturated carbocycles. The molecule has 98 valence electrons. The van der Waals surface area contributed by atoms with Gasteiger partial charge in [0.05, 0.1) is 26.4 Å². The van der Waals surface area contributed by atoms with Gasteiger partial charge in [0.2, 0.25) is 0 Å². The largest absolute Gasteiger partial charge is 0.331 e. The molecule has 0 spiro atoms. The predicted molar refractivity (Wildman–Crippen MR) is 87.8 cm³/mol. The lowest BCUT2D eigenvalue weighted by molar-refractivity contribution is 1.59. The lowest BCUT2D eigenvalue weighted by atomic mass is 10.3. The van der Waals surface area contributed by atoms with E-state index >= 15 is 0 Å². The Balaban J connectivity index is 2.12. The SMILES string of the molecule is S=C(Nc1ccccc1Cl)Nc1c(Cl)cccc1Cl. The van der Waals surface area contributed by atoms with E-state index in [1.165, 1.54) is 0 Å². The Labute approximate surface area is 131 Å². The Kier molecular flexibility index (Phi) is 4.88. The van der Waals surface area contributed by atoms with Crippen LogP contribution in [0.3, 0.4) is 0 Å². The molecule has 0 aliphatic carbocycles. The first-order valence-electron chi connectivity index (χ1n) is 5.34. The van der Waals surface area contributed by atoms with E-state index in [0.717, 1.165) is 0 Å². The van der Waals surface area contributed by atoms with Crippen molar-refractivity contribution in [3.8, 4) is 0 Å². The number of hydrogen-bond donors (Lipinski definition) is 2. The molecule has 0 bridgehead atoms. The first-order valence-corrected chi connectivity index (χ1v) is 6.88. The van der Waals surface area contributed by atoms with Gasteiger partial charge >= 0.3 is 0 Å². The minimum Gasteiger partial charge on any atom is -0.331 e. The molecular weight excluding hydrogens is 323 g/mol. The van der Waals surface area contributed by atoms with Gasteiger partial charge in [0.1, 0.15) is 0 Å². The summed E-state index contributed by atoms with van der Waals surface area (Å²) in [6.07, 6.45) is 0. The van der Waals surface area contributed by atoms with Crippen molar-refractivity contribution < 1.29 is 0 Å². The number of thiocarbonyl (C=S) groups is 1. The highest BCUT2D eigenvalue weighted by Crippen LogP contribution is 2.30. The Bertz CT molecular complexity index is 596. The molecule has 2 aromatic rings. The smallest absolute Gasteiger partial charge is 0.175 e. The van der Waals surface area contributed by atoms with Crippen LogP contribution in [0.2, 0.25) is 15.1 Å². The summed E-state index contributed by atoms with van der Waals surface area (Å²) in [5.74, 6) is 0. The molecule has 0 saturated heterocycles. The average Bonchev–Trinajstić information content (AvgIpc) is 2.37. The highest BCUT2D eigenvalue weighted by molar-refractivity contribution is 7.80. The maximum atomic E-state index is 6.05. The fourth-order valence-corrected chi connectivity index (χ4v) is 2.33. The Hall–Kier alpha value is -1.00. The number of rotatable bonds is 2. The standard InChI is InChI=1S/C13H9Cl3N2S/c14-8-4-1-2-7-11(8)17-13(19)18-12-9(15)5-3-6-10(12)16/h1-7H,(H2,17,18,19). The molecule has 0 aromatic heterocycles. The molecule has 0 radical (unpaired) electrons. The third kappa shape index (κ3) is 3.74. The third-order valence-corrected chi connectivity index (χ3v) is 3.49. The summed E-state index contributed by atoms with van der Waals surface area (Å²) in [4.78, 5) is 0.